The lowest BCUT2D eigenvalue weighted by Crippen LogP contribution is -2.49. The van der Waals surface area contributed by atoms with Crippen molar-refractivity contribution in [1.29, 1.82) is 0 Å². The molecule has 3 aliphatic rings. The number of rotatable bonds is 0. The Morgan fingerprint density at radius 2 is 1.81 bits per heavy atom. The van der Waals surface area contributed by atoms with Gasteiger partial charge in [-0.2, -0.15) is 0 Å². The highest BCUT2D eigenvalue weighted by Gasteiger charge is 2.64. The third kappa shape index (κ3) is 1.16. The SMILES string of the molecule is C[C@H]1CCC[C@@]12CC[C@H]1C[C@]2(C)OC1(C)C. The number of hydrogen-bond acceptors (Lipinski definition) is 1. The van der Waals surface area contributed by atoms with Crippen molar-refractivity contribution < 1.29 is 4.74 Å². The summed E-state index contributed by atoms with van der Waals surface area (Å²) in [5.41, 5.74) is 0.813. The van der Waals surface area contributed by atoms with Gasteiger partial charge in [0.2, 0.25) is 0 Å². The summed E-state index contributed by atoms with van der Waals surface area (Å²) in [4.78, 5) is 0. The van der Waals surface area contributed by atoms with Crippen LogP contribution in [0.2, 0.25) is 0 Å². The summed E-state index contributed by atoms with van der Waals surface area (Å²) in [7, 11) is 0. The van der Waals surface area contributed by atoms with Crippen LogP contribution in [-0.2, 0) is 4.74 Å². The van der Waals surface area contributed by atoms with Crippen LogP contribution in [0.1, 0.15) is 66.2 Å². The Hall–Kier alpha value is -0.0400. The van der Waals surface area contributed by atoms with Crippen molar-refractivity contribution in [2.24, 2.45) is 17.3 Å². The van der Waals surface area contributed by atoms with Gasteiger partial charge in [-0.15, -0.1) is 0 Å². The molecule has 1 nitrogen and oxygen atoms in total. The van der Waals surface area contributed by atoms with E-state index >= 15 is 0 Å². The van der Waals surface area contributed by atoms with E-state index in [9.17, 15) is 0 Å². The van der Waals surface area contributed by atoms with Gasteiger partial charge >= 0.3 is 0 Å². The molecule has 0 amide bonds. The molecule has 0 unspecified atom stereocenters. The standard InChI is InChI=1S/C15H26O/c1-11-6-5-8-15(11)9-7-12-10-14(15,4)16-13(12,2)3/h11-12H,5-10H2,1-4H3/t11-,12-,14-,15+/m0/s1. The van der Waals surface area contributed by atoms with Crippen LogP contribution in [0, 0.1) is 17.3 Å². The Kier molecular flexibility index (Phi) is 2.11. The summed E-state index contributed by atoms with van der Waals surface area (Å²) in [6, 6.07) is 0. The molecule has 3 rings (SSSR count). The lowest BCUT2D eigenvalue weighted by Gasteiger charge is -2.49. The van der Waals surface area contributed by atoms with Gasteiger partial charge in [-0.1, -0.05) is 19.8 Å². The average Bonchev–Trinajstić information content (AvgIpc) is 2.61. The van der Waals surface area contributed by atoms with Crippen molar-refractivity contribution in [3.8, 4) is 0 Å². The minimum Gasteiger partial charge on any atom is -0.369 e. The molecule has 92 valence electrons. The lowest BCUT2D eigenvalue weighted by atomic mass is 9.57. The summed E-state index contributed by atoms with van der Waals surface area (Å²) >= 11 is 0. The molecular formula is C15H26O. The van der Waals surface area contributed by atoms with Crippen LogP contribution in [0.5, 0.6) is 0 Å². The van der Waals surface area contributed by atoms with Crippen molar-refractivity contribution in [1.82, 2.24) is 0 Å². The van der Waals surface area contributed by atoms with Gasteiger partial charge in [0.1, 0.15) is 0 Å². The van der Waals surface area contributed by atoms with Crippen molar-refractivity contribution in [3.63, 3.8) is 0 Å². The van der Waals surface area contributed by atoms with E-state index in [2.05, 4.69) is 27.7 Å². The highest BCUT2D eigenvalue weighted by Crippen LogP contribution is 2.65. The van der Waals surface area contributed by atoms with Crippen LogP contribution in [0.3, 0.4) is 0 Å². The van der Waals surface area contributed by atoms with E-state index in [1.165, 1.54) is 38.5 Å². The van der Waals surface area contributed by atoms with E-state index in [4.69, 9.17) is 4.74 Å². The molecule has 1 aliphatic heterocycles. The fourth-order valence-corrected chi connectivity index (χ4v) is 5.28. The Morgan fingerprint density at radius 1 is 1.06 bits per heavy atom. The molecule has 16 heavy (non-hydrogen) atoms. The molecule has 2 bridgehead atoms. The lowest BCUT2D eigenvalue weighted by molar-refractivity contribution is -0.153. The molecule has 0 aromatic heterocycles. The molecule has 3 fully saturated rings. The minimum absolute atomic E-state index is 0.126. The monoisotopic (exact) mass is 222 g/mol. The summed E-state index contributed by atoms with van der Waals surface area (Å²) in [6.45, 7) is 9.49. The average molecular weight is 222 g/mol. The maximum Gasteiger partial charge on any atom is 0.0724 e. The highest BCUT2D eigenvalue weighted by molar-refractivity contribution is 5.13. The zero-order chi connectivity index (χ0) is 11.6. The van der Waals surface area contributed by atoms with Gasteiger partial charge < -0.3 is 4.74 Å². The van der Waals surface area contributed by atoms with E-state index in [0.717, 1.165) is 11.8 Å². The van der Waals surface area contributed by atoms with E-state index in [-0.39, 0.29) is 11.2 Å². The molecule has 0 aromatic carbocycles. The molecule has 0 aromatic rings. The van der Waals surface area contributed by atoms with Crippen molar-refractivity contribution >= 4 is 0 Å². The normalized spacial score (nSPS) is 54.8. The first-order chi connectivity index (χ1) is 7.40. The van der Waals surface area contributed by atoms with E-state index in [1.807, 2.05) is 0 Å². The molecule has 2 saturated carbocycles. The van der Waals surface area contributed by atoms with E-state index in [0.29, 0.717) is 5.41 Å². The fourth-order valence-electron chi connectivity index (χ4n) is 5.28. The number of ether oxygens (including phenoxy) is 1. The minimum atomic E-state index is 0.126. The van der Waals surface area contributed by atoms with Crippen LogP contribution < -0.4 is 0 Å². The van der Waals surface area contributed by atoms with Gasteiger partial charge in [0, 0.05) is 5.41 Å². The highest BCUT2D eigenvalue weighted by atomic mass is 16.5. The molecule has 4 atom stereocenters. The Labute approximate surface area is 99.9 Å². The maximum atomic E-state index is 6.57. The van der Waals surface area contributed by atoms with Crippen LogP contribution >= 0.6 is 0 Å². The molecular weight excluding hydrogens is 196 g/mol. The van der Waals surface area contributed by atoms with Crippen molar-refractivity contribution in [3.05, 3.63) is 0 Å². The van der Waals surface area contributed by atoms with Crippen molar-refractivity contribution in [2.75, 3.05) is 0 Å². The second-order valence-corrected chi connectivity index (χ2v) is 7.33. The maximum absolute atomic E-state index is 6.57. The summed E-state index contributed by atoms with van der Waals surface area (Å²) in [5.74, 6) is 1.67. The topological polar surface area (TPSA) is 9.23 Å². The summed E-state index contributed by atoms with van der Waals surface area (Å²) < 4.78 is 6.57. The summed E-state index contributed by atoms with van der Waals surface area (Å²) in [5, 5.41) is 0. The van der Waals surface area contributed by atoms with E-state index in [1.54, 1.807) is 0 Å². The van der Waals surface area contributed by atoms with Crippen LogP contribution in [-0.4, -0.2) is 11.2 Å². The first-order valence-corrected chi connectivity index (χ1v) is 7.10. The molecule has 1 saturated heterocycles. The molecule has 1 spiro atoms. The zero-order valence-corrected chi connectivity index (χ0v) is 11.3. The third-order valence-corrected chi connectivity index (χ3v) is 6.30. The van der Waals surface area contributed by atoms with E-state index < -0.39 is 0 Å². The number of hydrogen-bond donors (Lipinski definition) is 0. The van der Waals surface area contributed by atoms with Crippen LogP contribution in [0.15, 0.2) is 0 Å². The van der Waals surface area contributed by atoms with Crippen molar-refractivity contribution in [2.45, 2.75) is 77.4 Å². The second-order valence-electron chi connectivity index (χ2n) is 7.33. The predicted molar refractivity (Wildman–Crippen MR) is 66.4 cm³/mol. The van der Waals surface area contributed by atoms with Gasteiger partial charge in [0.05, 0.1) is 11.2 Å². The largest absolute Gasteiger partial charge is 0.369 e. The number of fused-ring (bicyclic) bond motifs is 3. The molecule has 0 N–H and O–H groups in total. The predicted octanol–water partition coefficient (Wildman–Crippen LogP) is 4.16. The Morgan fingerprint density at radius 3 is 2.44 bits per heavy atom. The van der Waals surface area contributed by atoms with Gasteiger partial charge in [-0.25, -0.2) is 0 Å². The summed E-state index contributed by atoms with van der Waals surface area (Å²) in [6.07, 6.45) is 8.37. The molecule has 1 heteroatoms. The molecule has 1 heterocycles. The van der Waals surface area contributed by atoms with Gasteiger partial charge in [-0.3, -0.25) is 0 Å². The van der Waals surface area contributed by atoms with Gasteiger partial charge in [0.25, 0.3) is 0 Å². The smallest absolute Gasteiger partial charge is 0.0724 e. The quantitative estimate of drug-likeness (QED) is 0.598. The second kappa shape index (κ2) is 3.04. The van der Waals surface area contributed by atoms with Gasteiger partial charge in [-0.05, 0) is 58.3 Å². The Bertz CT molecular complexity index is 309. The molecule has 0 radical (unpaired) electrons. The molecule has 2 aliphatic carbocycles. The zero-order valence-electron chi connectivity index (χ0n) is 11.3. The van der Waals surface area contributed by atoms with Crippen LogP contribution in [0.25, 0.3) is 0 Å². The Balaban J connectivity index is 1.99. The van der Waals surface area contributed by atoms with Crippen LogP contribution in [0.4, 0.5) is 0 Å². The first-order valence-electron chi connectivity index (χ1n) is 7.10. The third-order valence-electron chi connectivity index (χ3n) is 6.30. The first kappa shape index (κ1) is 11.1. The fraction of sp³-hybridized carbons (Fsp3) is 1.00. The van der Waals surface area contributed by atoms with Gasteiger partial charge in [0.15, 0.2) is 0 Å².